The van der Waals surface area contributed by atoms with Crippen LogP contribution in [0.5, 0.6) is 0 Å². The second kappa shape index (κ2) is 7.28. The molecule has 1 aromatic heterocycles. The van der Waals surface area contributed by atoms with E-state index < -0.39 is 10.8 Å². The molecule has 0 aliphatic carbocycles. The van der Waals surface area contributed by atoms with Crippen LogP contribution in [0.3, 0.4) is 0 Å². The predicted molar refractivity (Wildman–Crippen MR) is 111 cm³/mol. The number of fused-ring (bicyclic) bond motifs is 1. The monoisotopic (exact) mass is 366 g/mol. The van der Waals surface area contributed by atoms with E-state index in [1.807, 2.05) is 13.0 Å². The van der Waals surface area contributed by atoms with Crippen LogP contribution >= 0.6 is 0 Å². The third kappa shape index (κ3) is 3.18. The smallest absolute Gasteiger partial charge is 0.0526 e. The van der Waals surface area contributed by atoms with E-state index in [2.05, 4.69) is 59.3 Å². The first-order valence-electron chi connectivity index (χ1n) is 9.55. The normalized spacial score (nSPS) is 18.5. The van der Waals surface area contributed by atoms with Gasteiger partial charge in [-0.15, -0.1) is 0 Å². The molecule has 1 aliphatic heterocycles. The lowest BCUT2D eigenvalue weighted by atomic mass is 10.1. The second-order valence-corrected chi connectivity index (χ2v) is 8.83. The summed E-state index contributed by atoms with van der Waals surface area (Å²) in [6.07, 6.45) is 2.49. The Balaban J connectivity index is 1.82. The average molecular weight is 367 g/mol. The van der Waals surface area contributed by atoms with Crippen molar-refractivity contribution in [3.63, 3.8) is 0 Å². The van der Waals surface area contributed by atoms with Crippen LogP contribution in [0, 0.1) is 5.92 Å². The standard InChI is InChI=1S/C22H26N2OS/c1-3-16-11-12-24(15-16)22-10-9-18(26(25)4-2)14-19(22)21-13-17-7-5-6-8-20(17)23-21/h5-10,13-14,16,23H,3-4,11-12,15H2,1-2H3/t16?,26-/m0/s1. The van der Waals surface area contributed by atoms with Gasteiger partial charge in [-0.2, -0.15) is 0 Å². The fourth-order valence-corrected chi connectivity index (χ4v) is 4.72. The van der Waals surface area contributed by atoms with Crippen molar-refractivity contribution in [1.29, 1.82) is 0 Å². The zero-order valence-electron chi connectivity index (χ0n) is 15.5. The van der Waals surface area contributed by atoms with Crippen LogP contribution in [0.15, 0.2) is 53.4 Å². The number of anilines is 1. The molecular formula is C22H26N2OS. The van der Waals surface area contributed by atoms with Crippen LogP contribution in [0.25, 0.3) is 22.2 Å². The van der Waals surface area contributed by atoms with Gasteiger partial charge in [-0.3, -0.25) is 4.21 Å². The highest BCUT2D eigenvalue weighted by molar-refractivity contribution is 7.85. The maximum atomic E-state index is 12.4. The van der Waals surface area contributed by atoms with E-state index in [-0.39, 0.29) is 0 Å². The summed E-state index contributed by atoms with van der Waals surface area (Å²) in [6.45, 7) is 6.46. The number of nitrogens with one attached hydrogen (secondary N) is 1. The zero-order valence-corrected chi connectivity index (χ0v) is 16.3. The largest absolute Gasteiger partial charge is 0.371 e. The Kier molecular flexibility index (Phi) is 4.86. The molecule has 136 valence electrons. The third-order valence-electron chi connectivity index (χ3n) is 5.52. The second-order valence-electron chi connectivity index (χ2n) is 7.09. The van der Waals surface area contributed by atoms with E-state index in [9.17, 15) is 4.21 Å². The Labute approximate surface area is 157 Å². The number of hydrogen-bond acceptors (Lipinski definition) is 2. The molecule has 1 aliphatic rings. The summed E-state index contributed by atoms with van der Waals surface area (Å²) in [4.78, 5) is 6.97. The quantitative estimate of drug-likeness (QED) is 0.674. The molecule has 4 heteroatoms. The van der Waals surface area contributed by atoms with Crippen molar-refractivity contribution in [1.82, 2.24) is 4.98 Å². The molecule has 1 saturated heterocycles. The molecule has 2 atom stereocenters. The highest BCUT2D eigenvalue weighted by Gasteiger charge is 2.24. The van der Waals surface area contributed by atoms with Crippen molar-refractivity contribution in [2.45, 2.75) is 31.6 Å². The number of nitrogens with zero attached hydrogens (tertiary/aromatic N) is 1. The summed E-state index contributed by atoms with van der Waals surface area (Å²) in [5, 5.41) is 1.21. The van der Waals surface area contributed by atoms with Crippen molar-refractivity contribution in [2.24, 2.45) is 5.92 Å². The Hall–Kier alpha value is -2.07. The molecule has 4 rings (SSSR count). The van der Waals surface area contributed by atoms with Gasteiger partial charge in [0.2, 0.25) is 0 Å². The van der Waals surface area contributed by atoms with Gasteiger partial charge < -0.3 is 9.88 Å². The van der Waals surface area contributed by atoms with Crippen molar-refractivity contribution in [2.75, 3.05) is 23.7 Å². The Morgan fingerprint density at radius 2 is 2.00 bits per heavy atom. The highest BCUT2D eigenvalue weighted by atomic mass is 32.2. The summed E-state index contributed by atoms with van der Waals surface area (Å²) in [5.74, 6) is 1.42. The maximum absolute atomic E-state index is 12.4. The van der Waals surface area contributed by atoms with Gasteiger partial charge in [0.25, 0.3) is 0 Å². The Morgan fingerprint density at radius 1 is 1.15 bits per heavy atom. The molecule has 1 fully saturated rings. The van der Waals surface area contributed by atoms with Crippen molar-refractivity contribution < 1.29 is 4.21 Å². The fraction of sp³-hybridized carbons (Fsp3) is 0.364. The van der Waals surface area contributed by atoms with Gasteiger partial charge >= 0.3 is 0 Å². The molecule has 0 spiro atoms. The minimum Gasteiger partial charge on any atom is -0.371 e. The molecule has 0 bridgehead atoms. The van der Waals surface area contributed by atoms with Gasteiger partial charge in [0.05, 0.1) is 10.8 Å². The first-order valence-corrected chi connectivity index (χ1v) is 10.9. The number of rotatable bonds is 5. The molecule has 0 amide bonds. The fourth-order valence-electron chi connectivity index (χ4n) is 3.92. The highest BCUT2D eigenvalue weighted by Crippen LogP contribution is 2.37. The van der Waals surface area contributed by atoms with E-state index in [0.717, 1.165) is 40.7 Å². The van der Waals surface area contributed by atoms with Crippen LogP contribution in [0.4, 0.5) is 5.69 Å². The van der Waals surface area contributed by atoms with E-state index in [0.29, 0.717) is 5.75 Å². The first kappa shape index (κ1) is 17.3. The van der Waals surface area contributed by atoms with Crippen LogP contribution < -0.4 is 4.90 Å². The topological polar surface area (TPSA) is 36.1 Å². The molecule has 0 saturated carbocycles. The summed E-state index contributed by atoms with van der Waals surface area (Å²) in [6, 6.07) is 16.9. The van der Waals surface area contributed by atoms with E-state index >= 15 is 0 Å². The van der Waals surface area contributed by atoms with Crippen LogP contribution in [0.2, 0.25) is 0 Å². The predicted octanol–water partition coefficient (Wildman–Crippen LogP) is 5.20. The third-order valence-corrected chi connectivity index (χ3v) is 6.82. The lowest BCUT2D eigenvalue weighted by Gasteiger charge is -2.22. The van der Waals surface area contributed by atoms with Gasteiger partial charge in [0, 0.05) is 51.6 Å². The number of benzene rings is 2. The van der Waals surface area contributed by atoms with Crippen LogP contribution in [-0.2, 0) is 10.8 Å². The van der Waals surface area contributed by atoms with Gasteiger partial charge in [0.15, 0.2) is 0 Å². The molecule has 1 unspecified atom stereocenters. The van der Waals surface area contributed by atoms with E-state index in [1.165, 1.54) is 23.9 Å². The lowest BCUT2D eigenvalue weighted by Crippen LogP contribution is -2.20. The number of aromatic nitrogens is 1. The molecule has 26 heavy (non-hydrogen) atoms. The summed E-state index contributed by atoms with van der Waals surface area (Å²) < 4.78 is 12.4. The molecule has 1 N–H and O–H groups in total. The Morgan fingerprint density at radius 3 is 2.73 bits per heavy atom. The van der Waals surface area contributed by atoms with Crippen molar-refractivity contribution >= 4 is 27.4 Å². The van der Waals surface area contributed by atoms with Gasteiger partial charge in [0.1, 0.15) is 0 Å². The molecule has 2 aromatic carbocycles. The maximum Gasteiger partial charge on any atom is 0.0526 e. The van der Waals surface area contributed by atoms with Crippen LogP contribution in [-0.4, -0.2) is 28.0 Å². The molecule has 0 radical (unpaired) electrons. The lowest BCUT2D eigenvalue weighted by molar-refractivity contribution is 0.569. The Bertz CT molecular complexity index is 913. The van der Waals surface area contributed by atoms with Crippen LogP contribution in [0.1, 0.15) is 26.7 Å². The number of aromatic amines is 1. The summed E-state index contributed by atoms with van der Waals surface area (Å²) >= 11 is 0. The van der Waals surface area contributed by atoms with Crippen molar-refractivity contribution in [3.05, 3.63) is 48.5 Å². The summed E-state index contributed by atoms with van der Waals surface area (Å²) in [5.41, 5.74) is 4.67. The first-order chi connectivity index (χ1) is 12.7. The van der Waals surface area contributed by atoms with E-state index in [1.54, 1.807) is 0 Å². The number of H-pyrrole nitrogens is 1. The van der Waals surface area contributed by atoms with E-state index in [4.69, 9.17) is 0 Å². The molecule has 3 nitrogen and oxygen atoms in total. The molecule has 2 heterocycles. The van der Waals surface area contributed by atoms with Gasteiger partial charge in [-0.05, 0) is 42.7 Å². The minimum atomic E-state index is -0.943. The number of para-hydroxylation sites is 1. The molecular weight excluding hydrogens is 340 g/mol. The number of hydrogen-bond donors (Lipinski definition) is 1. The minimum absolute atomic E-state index is 0.646. The average Bonchev–Trinajstić information content (AvgIpc) is 3.33. The van der Waals surface area contributed by atoms with Crippen molar-refractivity contribution in [3.8, 4) is 11.3 Å². The SMILES string of the molecule is CCC1CCN(c2ccc([S@@](=O)CC)cc2-c2cc3ccccc3[nH]2)C1. The molecule has 3 aromatic rings. The van der Waals surface area contributed by atoms with Gasteiger partial charge in [-0.1, -0.05) is 38.5 Å². The van der Waals surface area contributed by atoms with Gasteiger partial charge in [-0.25, -0.2) is 0 Å². The zero-order chi connectivity index (χ0) is 18.1. The summed E-state index contributed by atoms with van der Waals surface area (Å²) in [7, 11) is -0.943.